The van der Waals surface area contributed by atoms with E-state index in [9.17, 15) is 8.78 Å². The predicted molar refractivity (Wildman–Crippen MR) is 76.9 cm³/mol. The topological polar surface area (TPSA) is 24.9 Å². The Hall–Kier alpha value is -2.23. The van der Waals surface area contributed by atoms with Crippen molar-refractivity contribution in [3.05, 3.63) is 71.6 Å². The molecule has 2 aromatic rings. The van der Waals surface area contributed by atoms with Crippen molar-refractivity contribution in [3.8, 4) is 0 Å². The summed E-state index contributed by atoms with van der Waals surface area (Å²) in [5.74, 6) is -0.732. The zero-order chi connectivity index (χ0) is 14.4. The van der Waals surface area contributed by atoms with E-state index < -0.39 is 11.6 Å². The number of aromatic nitrogens is 1. The molecule has 4 rings (SSSR count). The van der Waals surface area contributed by atoms with Crippen LogP contribution in [0, 0.1) is 17.6 Å². The van der Waals surface area contributed by atoms with Crippen molar-refractivity contribution in [2.24, 2.45) is 5.92 Å². The quantitative estimate of drug-likeness (QED) is 0.794. The largest absolute Gasteiger partial charge is 0.375 e. The van der Waals surface area contributed by atoms with E-state index in [4.69, 9.17) is 0 Å². The standard InChI is InChI=1S/C17H14F2N2/c18-11-7-14-12-4-1-5-13(12)16(10-3-2-6-20-9-10)21-17(14)15(19)8-11/h1-4,6-9,12-13,16,21H,5H2/t12-,13+,16-/m1/s1. The maximum absolute atomic E-state index is 14.1. The molecular weight excluding hydrogens is 270 g/mol. The number of rotatable bonds is 1. The Kier molecular flexibility index (Phi) is 2.77. The predicted octanol–water partition coefficient (Wildman–Crippen LogP) is 4.19. The van der Waals surface area contributed by atoms with Crippen LogP contribution in [0.4, 0.5) is 14.5 Å². The monoisotopic (exact) mass is 284 g/mol. The molecule has 21 heavy (non-hydrogen) atoms. The highest BCUT2D eigenvalue weighted by molar-refractivity contribution is 5.60. The number of hydrogen-bond acceptors (Lipinski definition) is 2. The molecule has 0 amide bonds. The average molecular weight is 284 g/mol. The summed E-state index contributed by atoms with van der Waals surface area (Å²) in [6.45, 7) is 0. The summed E-state index contributed by atoms with van der Waals surface area (Å²) in [5, 5.41) is 3.26. The molecule has 2 aliphatic rings. The molecule has 0 bridgehead atoms. The van der Waals surface area contributed by atoms with Gasteiger partial charge >= 0.3 is 0 Å². The van der Waals surface area contributed by atoms with Crippen LogP contribution in [0.2, 0.25) is 0 Å². The molecule has 1 aromatic heterocycles. The van der Waals surface area contributed by atoms with Crippen molar-refractivity contribution >= 4 is 5.69 Å². The van der Waals surface area contributed by atoms with Crippen molar-refractivity contribution in [1.82, 2.24) is 4.98 Å². The summed E-state index contributed by atoms with van der Waals surface area (Å²) < 4.78 is 27.7. The van der Waals surface area contributed by atoms with Crippen molar-refractivity contribution in [2.45, 2.75) is 18.4 Å². The third kappa shape index (κ3) is 1.94. The Bertz CT molecular complexity index is 712. The molecule has 1 aromatic carbocycles. The van der Waals surface area contributed by atoms with Crippen molar-refractivity contribution < 1.29 is 8.78 Å². The number of nitrogens with one attached hydrogen (secondary N) is 1. The summed E-state index contributed by atoms with van der Waals surface area (Å²) in [4.78, 5) is 4.15. The van der Waals surface area contributed by atoms with Gasteiger partial charge in [-0.2, -0.15) is 0 Å². The highest BCUT2D eigenvalue weighted by atomic mass is 19.1. The van der Waals surface area contributed by atoms with Gasteiger partial charge in [-0.05, 0) is 35.6 Å². The number of allylic oxidation sites excluding steroid dienone is 2. The van der Waals surface area contributed by atoms with Crippen LogP contribution in [-0.2, 0) is 0 Å². The molecule has 2 nitrogen and oxygen atoms in total. The first-order valence-corrected chi connectivity index (χ1v) is 7.06. The van der Waals surface area contributed by atoms with Crippen LogP contribution in [0.3, 0.4) is 0 Å². The fourth-order valence-electron chi connectivity index (χ4n) is 3.51. The van der Waals surface area contributed by atoms with Crippen molar-refractivity contribution in [3.63, 3.8) is 0 Å². The molecule has 4 heteroatoms. The molecule has 2 heterocycles. The molecule has 1 aliphatic heterocycles. The number of anilines is 1. The van der Waals surface area contributed by atoms with E-state index >= 15 is 0 Å². The van der Waals surface area contributed by atoms with Gasteiger partial charge in [-0.1, -0.05) is 18.2 Å². The first-order valence-electron chi connectivity index (χ1n) is 7.06. The van der Waals surface area contributed by atoms with Gasteiger partial charge in [0.15, 0.2) is 0 Å². The lowest BCUT2D eigenvalue weighted by Crippen LogP contribution is -2.30. The molecule has 0 fully saturated rings. The van der Waals surface area contributed by atoms with Crippen LogP contribution in [0.1, 0.15) is 29.5 Å². The van der Waals surface area contributed by atoms with E-state index in [2.05, 4.69) is 22.5 Å². The van der Waals surface area contributed by atoms with Gasteiger partial charge in [-0.25, -0.2) is 8.78 Å². The maximum atomic E-state index is 14.1. The first kappa shape index (κ1) is 12.5. The minimum absolute atomic E-state index is 0.00818. The Labute approximate surface area is 121 Å². The van der Waals surface area contributed by atoms with Crippen LogP contribution in [-0.4, -0.2) is 4.98 Å². The van der Waals surface area contributed by atoms with Crippen LogP contribution in [0.5, 0.6) is 0 Å². The molecule has 0 saturated heterocycles. The summed E-state index contributed by atoms with van der Waals surface area (Å²) >= 11 is 0. The molecule has 3 atom stereocenters. The lowest BCUT2D eigenvalue weighted by atomic mass is 9.77. The minimum Gasteiger partial charge on any atom is -0.375 e. The molecule has 1 N–H and O–H groups in total. The summed E-state index contributed by atoms with van der Waals surface area (Å²) in [5.41, 5.74) is 2.16. The molecule has 1 aliphatic carbocycles. The van der Waals surface area contributed by atoms with E-state index in [1.807, 2.05) is 12.1 Å². The second-order valence-electron chi connectivity index (χ2n) is 5.61. The molecule has 0 spiro atoms. The number of halogens is 2. The van der Waals surface area contributed by atoms with Crippen LogP contribution >= 0.6 is 0 Å². The van der Waals surface area contributed by atoms with Crippen LogP contribution in [0.15, 0.2) is 48.8 Å². The second kappa shape index (κ2) is 4.65. The second-order valence-corrected chi connectivity index (χ2v) is 5.61. The van der Waals surface area contributed by atoms with Gasteiger partial charge in [-0.3, -0.25) is 4.98 Å². The lowest BCUT2D eigenvalue weighted by molar-refractivity contribution is 0.417. The minimum atomic E-state index is -0.530. The van der Waals surface area contributed by atoms with E-state index in [1.54, 1.807) is 12.4 Å². The fourth-order valence-corrected chi connectivity index (χ4v) is 3.51. The SMILES string of the molecule is Fc1cc(F)c2c(c1)[C@@H]1C=CC[C@@H]1[C@@H](c1cccnc1)N2. The summed E-state index contributed by atoms with van der Waals surface area (Å²) in [6.07, 6.45) is 8.58. The van der Waals surface area contributed by atoms with Gasteiger partial charge in [0, 0.05) is 24.4 Å². The third-order valence-corrected chi connectivity index (χ3v) is 4.43. The molecular formula is C17H14F2N2. The number of fused-ring (bicyclic) bond motifs is 3. The number of nitrogens with zero attached hydrogens (tertiary/aromatic N) is 1. The Morgan fingerprint density at radius 2 is 2.14 bits per heavy atom. The van der Waals surface area contributed by atoms with Crippen LogP contribution < -0.4 is 5.32 Å². The molecule has 0 saturated carbocycles. The lowest BCUT2D eigenvalue weighted by Gasteiger charge is -2.37. The first-order chi connectivity index (χ1) is 10.2. The normalized spacial score (nSPS) is 26.1. The number of benzene rings is 1. The molecule has 0 unspecified atom stereocenters. The van der Waals surface area contributed by atoms with E-state index in [-0.39, 0.29) is 17.9 Å². The third-order valence-electron chi connectivity index (χ3n) is 4.43. The van der Waals surface area contributed by atoms with Gasteiger partial charge in [0.2, 0.25) is 0 Å². The van der Waals surface area contributed by atoms with Gasteiger partial charge in [0.1, 0.15) is 11.6 Å². The van der Waals surface area contributed by atoms with Crippen molar-refractivity contribution in [2.75, 3.05) is 5.32 Å². The smallest absolute Gasteiger partial charge is 0.149 e. The molecule has 106 valence electrons. The van der Waals surface area contributed by atoms with E-state index in [0.717, 1.165) is 18.1 Å². The zero-order valence-corrected chi connectivity index (χ0v) is 11.3. The highest BCUT2D eigenvalue weighted by Crippen LogP contribution is 2.50. The average Bonchev–Trinajstić information content (AvgIpc) is 2.97. The Morgan fingerprint density at radius 1 is 1.24 bits per heavy atom. The zero-order valence-electron chi connectivity index (χ0n) is 11.3. The number of hydrogen-bond donors (Lipinski definition) is 1. The number of pyridine rings is 1. The molecule has 0 radical (unpaired) electrons. The summed E-state index contributed by atoms with van der Waals surface area (Å²) in [6, 6.07) is 6.24. The Morgan fingerprint density at radius 3 is 2.95 bits per heavy atom. The van der Waals surface area contributed by atoms with Crippen molar-refractivity contribution in [1.29, 1.82) is 0 Å². The Balaban J connectivity index is 1.84. The fraction of sp³-hybridized carbons (Fsp3) is 0.235. The van der Waals surface area contributed by atoms with E-state index in [0.29, 0.717) is 11.3 Å². The van der Waals surface area contributed by atoms with Gasteiger partial charge in [0.05, 0.1) is 11.7 Å². The van der Waals surface area contributed by atoms with Gasteiger partial charge in [-0.15, -0.1) is 0 Å². The maximum Gasteiger partial charge on any atom is 0.149 e. The van der Waals surface area contributed by atoms with Gasteiger partial charge < -0.3 is 5.32 Å². The van der Waals surface area contributed by atoms with E-state index in [1.165, 1.54) is 6.07 Å². The van der Waals surface area contributed by atoms with Crippen LogP contribution in [0.25, 0.3) is 0 Å². The van der Waals surface area contributed by atoms with Gasteiger partial charge in [0.25, 0.3) is 0 Å². The highest BCUT2D eigenvalue weighted by Gasteiger charge is 2.39. The summed E-state index contributed by atoms with van der Waals surface area (Å²) in [7, 11) is 0.